The maximum Gasteiger partial charge on any atom is 0.245 e. The number of anilines is 1. The summed E-state index contributed by atoms with van der Waals surface area (Å²) in [5.74, 6) is -1.20. The van der Waals surface area contributed by atoms with Crippen LogP contribution >= 0.6 is 0 Å². The molecule has 1 aliphatic heterocycles. The summed E-state index contributed by atoms with van der Waals surface area (Å²) in [7, 11) is 10.4. The third kappa shape index (κ3) is 11.1. The van der Waals surface area contributed by atoms with Crippen molar-refractivity contribution in [3.8, 4) is 0 Å². The van der Waals surface area contributed by atoms with Gasteiger partial charge in [0.05, 0.1) is 42.7 Å². The summed E-state index contributed by atoms with van der Waals surface area (Å²) in [6, 6.07) is 5.84. The lowest BCUT2D eigenvalue weighted by Gasteiger charge is -2.41. The van der Waals surface area contributed by atoms with Crippen molar-refractivity contribution in [3.05, 3.63) is 29.8 Å². The van der Waals surface area contributed by atoms with Gasteiger partial charge in [0.1, 0.15) is 6.04 Å². The third-order valence-corrected chi connectivity index (χ3v) is 10.7. The number of nitrogens with two attached hydrogens (primary N) is 1. The Bertz CT molecular complexity index is 1260. The molecule has 1 fully saturated rings. The normalized spacial score (nSPS) is 19.0. The van der Waals surface area contributed by atoms with Gasteiger partial charge in [0.15, 0.2) is 0 Å². The second-order valence-electron chi connectivity index (χ2n) is 14.7. The summed E-state index contributed by atoms with van der Waals surface area (Å²) in [4.78, 5) is 61.8. The molecule has 0 bridgehead atoms. The molecule has 0 spiro atoms. The van der Waals surface area contributed by atoms with Crippen molar-refractivity contribution in [2.24, 2.45) is 17.8 Å². The van der Waals surface area contributed by atoms with E-state index in [9.17, 15) is 19.2 Å². The van der Waals surface area contributed by atoms with Crippen LogP contribution in [0.4, 0.5) is 5.69 Å². The molecular weight excluding hydrogens is 636 g/mol. The highest BCUT2D eigenvalue weighted by atomic mass is 16.5. The molecule has 8 atom stereocenters. The molecule has 1 aliphatic rings. The van der Waals surface area contributed by atoms with Crippen LogP contribution < -0.4 is 11.1 Å². The van der Waals surface area contributed by atoms with Crippen LogP contribution in [0.5, 0.6) is 0 Å². The highest BCUT2D eigenvalue weighted by molar-refractivity contribution is 5.90. The van der Waals surface area contributed by atoms with Gasteiger partial charge in [-0.1, -0.05) is 53.2 Å². The van der Waals surface area contributed by atoms with E-state index < -0.39 is 36.3 Å². The lowest BCUT2D eigenvalue weighted by atomic mass is 9.89. The molecule has 0 saturated carbocycles. The number of likely N-dealkylation sites (tertiary alicyclic amines) is 1. The van der Waals surface area contributed by atoms with Crippen molar-refractivity contribution in [2.45, 2.75) is 110 Å². The summed E-state index contributed by atoms with van der Waals surface area (Å²) >= 11 is 0. The van der Waals surface area contributed by atoms with Gasteiger partial charge in [-0.25, -0.2) is 0 Å². The van der Waals surface area contributed by atoms with Crippen molar-refractivity contribution in [1.82, 2.24) is 24.9 Å². The lowest BCUT2D eigenvalue weighted by Crippen LogP contribution is -2.59. The Kier molecular flexibility index (Phi) is 17.2. The quantitative estimate of drug-likeness (QED) is 0.210. The van der Waals surface area contributed by atoms with Gasteiger partial charge in [-0.15, -0.1) is 0 Å². The van der Waals surface area contributed by atoms with Crippen LogP contribution in [0.1, 0.15) is 72.8 Å². The molecule has 0 unspecified atom stereocenters. The Morgan fingerprint density at radius 3 is 2.20 bits per heavy atom. The molecule has 4 amide bonds. The molecule has 0 aliphatic carbocycles. The van der Waals surface area contributed by atoms with Crippen LogP contribution in [0, 0.1) is 17.8 Å². The first-order chi connectivity index (χ1) is 23.5. The van der Waals surface area contributed by atoms with Crippen molar-refractivity contribution >= 4 is 29.3 Å². The smallest absolute Gasteiger partial charge is 0.245 e. The first-order valence-electron chi connectivity index (χ1n) is 18.2. The zero-order valence-corrected chi connectivity index (χ0v) is 32.8. The Labute approximate surface area is 301 Å². The summed E-state index contributed by atoms with van der Waals surface area (Å²) in [5, 5.41) is 2.97. The molecule has 2 rings (SSSR count). The number of nitrogens with zero attached hydrogens (tertiary/aromatic N) is 4. The Morgan fingerprint density at radius 1 is 1.00 bits per heavy atom. The molecule has 1 aromatic carbocycles. The van der Waals surface area contributed by atoms with Crippen molar-refractivity contribution in [3.63, 3.8) is 0 Å². The van der Waals surface area contributed by atoms with E-state index >= 15 is 0 Å². The Morgan fingerprint density at radius 2 is 1.66 bits per heavy atom. The summed E-state index contributed by atoms with van der Waals surface area (Å²) < 4.78 is 12.0. The van der Waals surface area contributed by atoms with Crippen LogP contribution in [0.25, 0.3) is 0 Å². The minimum atomic E-state index is -0.733. The maximum absolute atomic E-state index is 14.1. The Hall–Kier alpha value is -3.22. The van der Waals surface area contributed by atoms with E-state index in [-0.39, 0.29) is 47.9 Å². The van der Waals surface area contributed by atoms with Gasteiger partial charge in [0, 0.05) is 47.1 Å². The molecule has 3 N–H and O–H groups in total. The first-order valence-corrected chi connectivity index (χ1v) is 18.2. The number of nitrogen functional groups attached to an aromatic ring is 1. The number of methoxy groups -OCH3 is 2. The van der Waals surface area contributed by atoms with E-state index in [1.54, 1.807) is 49.9 Å². The van der Waals surface area contributed by atoms with Gasteiger partial charge < -0.3 is 35.2 Å². The monoisotopic (exact) mass is 703 g/mol. The maximum atomic E-state index is 14.1. The van der Waals surface area contributed by atoms with Crippen LogP contribution in [0.15, 0.2) is 24.3 Å². The zero-order valence-electron chi connectivity index (χ0n) is 32.8. The van der Waals surface area contributed by atoms with Crippen LogP contribution in [-0.2, 0) is 35.1 Å². The van der Waals surface area contributed by atoms with E-state index in [0.29, 0.717) is 25.2 Å². The largest absolute Gasteiger partial charge is 0.399 e. The molecule has 0 radical (unpaired) electrons. The van der Waals surface area contributed by atoms with E-state index in [2.05, 4.69) is 19.2 Å². The predicted molar refractivity (Wildman–Crippen MR) is 198 cm³/mol. The SMILES string of the molecule is CC[C@H](C)[C@@H]([C@@H](CC(=O)N1CCC[C@H]1[C@H](OC)[C@@H](C)C(=O)N(C)CCc1cccc(N)c1)OC)N(C)C(=O)[C@@H](NC(=O)[C@@H](C)N(C)C)C(C)C. The summed E-state index contributed by atoms with van der Waals surface area (Å²) in [6.45, 7) is 12.7. The molecule has 284 valence electrons. The average molecular weight is 703 g/mol. The molecule has 0 aromatic heterocycles. The highest BCUT2D eigenvalue weighted by Gasteiger charge is 2.43. The van der Waals surface area contributed by atoms with Crippen LogP contribution in [0.3, 0.4) is 0 Å². The number of benzene rings is 1. The predicted octanol–water partition coefficient (Wildman–Crippen LogP) is 3.28. The molecule has 50 heavy (non-hydrogen) atoms. The fraction of sp³-hybridized carbons (Fsp3) is 0.737. The zero-order chi connectivity index (χ0) is 37.9. The number of likely N-dealkylation sites (N-methyl/N-ethyl adjacent to an activating group) is 3. The third-order valence-electron chi connectivity index (χ3n) is 10.7. The van der Waals surface area contributed by atoms with Gasteiger partial charge in [0.25, 0.3) is 0 Å². The first kappa shape index (κ1) is 42.9. The fourth-order valence-corrected chi connectivity index (χ4v) is 7.04. The second kappa shape index (κ2) is 20.0. The number of amides is 4. The number of carbonyl (C=O) groups excluding carboxylic acids is 4. The van der Waals surface area contributed by atoms with E-state index in [1.807, 2.05) is 64.0 Å². The number of rotatable bonds is 19. The van der Waals surface area contributed by atoms with Gasteiger partial charge >= 0.3 is 0 Å². The Balaban J connectivity index is 2.22. The van der Waals surface area contributed by atoms with Crippen molar-refractivity contribution in [1.29, 1.82) is 0 Å². The minimum Gasteiger partial charge on any atom is -0.399 e. The standard InChI is InChI=1S/C38H66N6O6/c1-13-25(4)34(43(10)38(48)33(24(2)3)40-36(46)27(6)41(7)8)31(49-11)23-32(45)44-20-15-18-30(44)35(50-12)26(5)37(47)42(9)21-19-28-16-14-17-29(39)22-28/h14,16-17,22,24-27,30-31,33-35H,13,15,18-21,23,39H2,1-12H3,(H,40,46)/t25-,26+,27+,30-,31+,33-,34-,35+/m0/s1. The minimum absolute atomic E-state index is 0.00696. The van der Waals surface area contributed by atoms with Crippen LogP contribution in [-0.4, -0.2) is 135 Å². The molecule has 12 nitrogen and oxygen atoms in total. The van der Waals surface area contributed by atoms with Gasteiger partial charge in [0.2, 0.25) is 23.6 Å². The van der Waals surface area contributed by atoms with Crippen LogP contribution in [0.2, 0.25) is 0 Å². The van der Waals surface area contributed by atoms with E-state index in [0.717, 1.165) is 24.8 Å². The number of carbonyl (C=O) groups is 4. The number of hydrogen-bond donors (Lipinski definition) is 2. The van der Waals surface area contributed by atoms with Crippen molar-refractivity contribution in [2.75, 3.05) is 61.2 Å². The molecule has 1 aromatic rings. The van der Waals surface area contributed by atoms with Gasteiger partial charge in [-0.2, -0.15) is 0 Å². The topological polar surface area (TPSA) is 138 Å². The fourth-order valence-electron chi connectivity index (χ4n) is 7.04. The number of ether oxygens (including phenoxy) is 2. The number of nitrogens with one attached hydrogen (secondary N) is 1. The van der Waals surface area contributed by atoms with Crippen molar-refractivity contribution < 1.29 is 28.7 Å². The van der Waals surface area contributed by atoms with Gasteiger partial charge in [-0.3, -0.25) is 24.1 Å². The molecule has 12 heteroatoms. The van der Waals surface area contributed by atoms with E-state index in [4.69, 9.17) is 15.2 Å². The molecule has 1 saturated heterocycles. The van der Waals surface area contributed by atoms with E-state index in [1.165, 1.54) is 0 Å². The lowest BCUT2D eigenvalue weighted by molar-refractivity contribution is -0.149. The molecule has 1 heterocycles. The summed E-state index contributed by atoms with van der Waals surface area (Å²) in [5.41, 5.74) is 7.68. The molecular formula is C38H66N6O6. The average Bonchev–Trinajstić information content (AvgIpc) is 3.57. The van der Waals surface area contributed by atoms with Gasteiger partial charge in [-0.05, 0) is 69.8 Å². The summed E-state index contributed by atoms with van der Waals surface area (Å²) in [6.07, 6.45) is 1.95. The second-order valence-corrected chi connectivity index (χ2v) is 14.7. The highest BCUT2D eigenvalue weighted by Crippen LogP contribution is 2.30. The number of hydrogen-bond acceptors (Lipinski definition) is 8.